The van der Waals surface area contributed by atoms with Gasteiger partial charge >= 0.3 is 11.9 Å². The van der Waals surface area contributed by atoms with Crippen LogP contribution < -0.4 is 0 Å². The van der Waals surface area contributed by atoms with Crippen LogP contribution in [0.3, 0.4) is 0 Å². The minimum absolute atomic E-state index is 0.131. The zero-order valence-corrected chi connectivity index (χ0v) is 16.3. The Morgan fingerprint density at radius 1 is 0.840 bits per heavy atom. The molecule has 0 saturated heterocycles. The lowest BCUT2D eigenvalue weighted by Crippen LogP contribution is -2.48. The average Bonchev–Trinajstić information content (AvgIpc) is 2.53. The van der Waals surface area contributed by atoms with Crippen LogP contribution in [0.1, 0.15) is 45.4 Å². The highest BCUT2D eigenvalue weighted by Crippen LogP contribution is 2.47. The number of rotatable bonds is 14. The zero-order valence-electron chi connectivity index (χ0n) is 14.5. The predicted molar refractivity (Wildman–Crippen MR) is 100 cm³/mol. The first-order valence-electron chi connectivity index (χ1n) is 8.18. The Morgan fingerprint density at radius 3 is 1.44 bits per heavy atom. The molecule has 0 heterocycles. The lowest BCUT2D eigenvalue weighted by molar-refractivity contribution is -0.138. The van der Waals surface area contributed by atoms with Crippen LogP contribution in [0.4, 0.5) is 0 Å². The summed E-state index contributed by atoms with van der Waals surface area (Å²) in [6, 6.07) is 0. The van der Waals surface area contributed by atoms with Crippen LogP contribution in [0.2, 0.25) is 0 Å². The standard InChI is InChI=1S/C16H30O7S2/c1-15(8-17,9-18)16(10-19,4-2-11(24)6-13(20)21)5-3-12(25)7-14(22)23/h11-12,17-19,24-25H,2-10H2,1H3,(H,20,21)(H,22,23). The smallest absolute Gasteiger partial charge is 0.304 e. The van der Waals surface area contributed by atoms with Gasteiger partial charge in [0.2, 0.25) is 0 Å². The molecule has 2 unspecified atom stereocenters. The number of aliphatic carboxylic acids is 2. The first kappa shape index (κ1) is 24.5. The number of carboxylic acids is 2. The summed E-state index contributed by atoms with van der Waals surface area (Å²) >= 11 is 8.50. The van der Waals surface area contributed by atoms with Gasteiger partial charge in [-0.1, -0.05) is 6.92 Å². The normalized spacial score (nSPS) is 16.9. The number of aliphatic hydroxyl groups is 3. The number of hydrogen-bond donors (Lipinski definition) is 7. The molecule has 0 aliphatic carbocycles. The summed E-state index contributed by atoms with van der Waals surface area (Å²) in [5, 5.41) is 46.4. The summed E-state index contributed by atoms with van der Waals surface area (Å²) in [5.41, 5.74) is -1.90. The molecule has 25 heavy (non-hydrogen) atoms. The van der Waals surface area contributed by atoms with Gasteiger partial charge in [0.05, 0.1) is 26.1 Å². The first-order valence-corrected chi connectivity index (χ1v) is 9.21. The summed E-state index contributed by atoms with van der Waals surface area (Å²) in [5.74, 6) is -1.95. The van der Waals surface area contributed by atoms with E-state index in [1.54, 1.807) is 6.92 Å². The SMILES string of the molecule is CC(CO)(CO)C(CO)(CCC(S)CC(=O)O)CCC(S)CC(=O)O. The van der Waals surface area contributed by atoms with Crippen LogP contribution in [0.5, 0.6) is 0 Å². The van der Waals surface area contributed by atoms with Gasteiger partial charge in [-0.25, -0.2) is 0 Å². The van der Waals surface area contributed by atoms with Gasteiger partial charge in [0.25, 0.3) is 0 Å². The molecule has 5 N–H and O–H groups in total. The Labute approximate surface area is 159 Å². The van der Waals surface area contributed by atoms with Gasteiger partial charge in [-0.3, -0.25) is 9.59 Å². The lowest BCUT2D eigenvalue weighted by Gasteiger charge is -2.47. The number of carboxylic acid groups (broad SMARTS) is 2. The quantitative estimate of drug-likeness (QED) is 0.217. The molecule has 0 fully saturated rings. The number of thiol groups is 2. The molecule has 7 nitrogen and oxygen atoms in total. The van der Waals surface area contributed by atoms with Gasteiger partial charge in [0, 0.05) is 27.9 Å². The van der Waals surface area contributed by atoms with Crippen molar-refractivity contribution in [1.29, 1.82) is 0 Å². The summed E-state index contributed by atoms with van der Waals surface area (Å²) in [6.07, 6.45) is 1.18. The van der Waals surface area contributed by atoms with Crippen LogP contribution in [-0.2, 0) is 9.59 Å². The van der Waals surface area contributed by atoms with E-state index in [-0.39, 0.29) is 32.7 Å². The van der Waals surface area contributed by atoms with Crippen molar-refractivity contribution in [3.63, 3.8) is 0 Å². The van der Waals surface area contributed by atoms with Crippen molar-refractivity contribution >= 4 is 37.2 Å². The second kappa shape index (κ2) is 11.3. The van der Waals surface area contributed by atoms with E-state index in [0.29, 0.717) is 25.7 Å². The van der Waals surface area contributed by atoms with Gasteiger partial charge in [-0.2, -0.15) is 25.3 Å². The Morgan fingerprint density at radius 2 is 1.20 bits per heavy atom. The van der Waals surface area contributed by atoms with Crippen LogP contribution in [0.15, 0.2) is 0 Å². The largest absolute Gasteiger partial charge is 0.481 e. The first-order chi connectivity index (χ1) is 11.6. The molecule has 0 spiro atoms. The number of carbonyl (C=O) groups is 2. The van der Waals surface area contributed by atoms with Crippen molar-refractivity contribution in [1.82, 2.24) is 0 Å². The van der Waals surface area contributed by atoms with Gasteiger partial charge in [-0.15, -0.1) is 0 Å². The lowest BCUT2D eigenvalue weighted by atomic mass is 9.60. The molecular weight excluding hydrogens is 368 g/mol. The fraction of sp³-hybridized carbons (Fsp3) is 0.875. The molecule has 0 aliphatic heterocycles. The fourth-order valence-electron chi connectivity index (χ4n) is 2.96. The third-order valence-corrected chi connectivity index (χ3v) is 5.90. The van der Waals surface area contributed by atoms with E-state index in [9.17, 15) is 24.9 Å². The van der Waals surface area contributed by atoms with E-state index in [1.807, 2.05) is 0 Å². The average molecular weight is 399 g/mol. The van der Waals surface area contributed by atoms with E-state index in [0.717, 1.165) is 0 Å². The van der Waals surface area contributed by atoms with E-state index in [4.69, 9.17) is 10.2 Å². The van der Waals surface area contributed by atoms with Crippen LogP contribution in [-0.4, -0.2) is 67.8 Å². The molecule has 2 atom stereocenters. The Bertz CT molecular complexity index is 401. The highest BCUT2D eigenvalue weighted by molar-refractivity contribution is 7.81. The summed E-state index contributed by atoms with van der Waals surface area (Å²) in [7, 11) is 0. The maximum atomic E-state index is 10.8. The van der Waals surface area contributed by atoms with Gasteiger partial charge in [-0.05, 0) is 25.7 Å². The number of hydrogen-bond acceptors (Lipinski definition) is 7. The molecule has 0 radical (unpaired) electrons. The van der Waals surface area contributed by atoms with Gasteiger partial charge in [0.15, 0.2) is 0 Å². The monoisotopic (exact) mass is 398 g/mol. The molecule has 0 bridgehead atoms. The predicted octanol–water partition coefficient (Wildman–Crippen LogP) is 1.06. The molecule has 0 amide bonds. The van der Waals surface area contributed by atoms with Gasteiger partial charge < -0.3 is 25.5 Å². The second-order valence-electron chi connectivity index (χ2n) is 6.90. The highest BCUT2D eigenvalue weighted by atomic mass is 32.1. The van der Waals surface area contributed by atoms with Crippen molar-refractivity contribution in [2.45, 2.75) is 55.9 Å². The molecule has 0 aromatic carbocycles. The topological polar surface area (TPSA) is 135 Å². The van der Waals surface area contributed by atoms with Gasteiger partial charge in [0.1, 0.15) is 0 Å². The summed E-state index contributed by atoms with van der Waals surface area (Å²) < 4.78 is 0. The Kier molecular flexibility index (Phi) is 11.1. The maximum Gasteiger partial charge on any atom is 0.304 e. The van der Waals surface area contributed by atoms with Crippen molar-refractivity contribution in [2.24, 2.45) is 10.8 Å². The van der Waals surface area contributed by atoms with Crippen LogP contribution >= 0.6 is 25.3 Å². The molecule has 0 rings (SSSR count). The molecule has 0 aromatic rings. The van der Waals surface area contributed by atoms with E-state index >= 15 is 0 Å². The molecule has 148 valence electrons. The van der Waals surface area contributed by atoms with E-state index in [1.165, 1.54) is 0 Å². The molecule has 0 saturated carbocycles. The third-order valence-electron chi connectivity index (χ3n) is 5.01. The molecule has 0 aliphatic rings. The minimum Gasteiger partial charge on any atom is -0.481 e. The second-order valence-corrected chi connectivity index (χ2v) is 8.36. The highest BCUT2D eigenvalue weighted by Gasteiger charge is 2.47. The Balaban J connectivity index is 5.25. The van der Waals surface area contributed by atoms with Crippen molar-refractivity contribution < 1.29 is 35.1 Å². The van der Waals surface area contributed by atoms with E-state index in [2.05, 4.69) is 25.3 Å². The van der Waals surface area contributed by atoms with Crippen molar-refractivity contribution in [3.05, 3.63) is 0 Å². The van der Waals surface area contributed by atoms with Crippen LogP contribution in [0.25, 0.3) is 0 Å². The number of aliphatic hydroxyl groups excluding tert-OH is 3. The maximum absolute atomic E-state index is 10.8. The molecule has 0 aromatic heterocycles. The van der Waals surface area contributed by atoms with E-state index < -0.39 is 33.3 Å². The zero-order chi connectivity index (χ0) is 19.7. The fourth-order valence-corrected chi connectivity index (χ4v) is 3.53. The van der Waals surface area contributed by atoms with Crippen molar-refractivity contribution in [2.75, 3.05) is 19.8 Å². The third kappa shape index (κ3) is 7.74. The molecule has 9 heteroatoms. The minimum atomic E-state index is -1.00. The molecular formula is C16H30O7S2. The van der Waals surface area contributed by atoms with Crippen LogP contribution in [0, 0.1) is 10.8 Å². The summed E-state index contributed by atoms with van der Waals surface area (Å²) in [6.45, 7) is 0.594. The van der Waals surface area contributed by atoms with Crippen molar-refractivity contribution in [3.8, 4) is 0 Å². The Hall–Kier alpha value is -0.480. The summed E-state index contributed by atoms with van der Waals surface area (Å²) in [4.78, 5) is 21.6.